The van der Waals surface area contributed by atoms with Gasteiger partial charge < -0.3 is 0 Å². The summed E-state index contributed by atoms with van der Waals surface area (Å²) in [6, 6.07) is 0. The molecule has 0 aromatic carbocycles. The summed E-state index contributed by atoms with van der Waals surface area (Å²) >= 11 is 0. The Kier molecular flexibility index (Phi) is 2.40. The van der Waals surface area contributed by atoms with E-state index in [0.29, 0.717) is 6.16 Å². The van der Waals surface area contributed by atoms with Crippen molar-refractivity contribution in [3.05, 3.63) is 0 Å². The highest BCUT2D eigenvalue weighted by Crippen LogP contribution is 2.41. The van der Waals surface area contributed by atoms with Crippen molar-refractivity contribution in [2.75, 3.05) is 6.16 Å². The largest absolute Gasteiger partial charge is 0.296 e. The fourth-order valence-electron chi connectivity index (χ4n) is 0.220. The fourth-order valence-corrected chi connectivity index (χ4v) is 0.660. The highest BCUT2D eigenvalue weighted by molar-refractivity contribution is 7.73. The molecule has 0 aliphatic heterocycles. The lowest BCUT2D eigenvalue weighted by molar-refractivity contribution is 0.589. The van der Waals surface area contributed by atoms with Gasteiger partial charge in [0.05, 0.1) is 0 Å². The van der Waals surface area contributed by atoms with Crippen LogP contribution < -0.4 is 0 Å². The minimum atomic E-state index is -2.61. The van der Waals surface area contributed by atoms with E-state index in [9.17, 15) is 4.57 Å². The maximum atomic E-state index is 10.8. The number of terminal acetylenes is 2. The van der Waals surface area contributed by atoms with Crippen LogP contribution in [0.3, 0.4) is 0 Å². The SMILES string of the molecule is C#CP(=O)(C#C)CC. The van der Waals surface area contributed by atoms with Gasteiger partial charge in [0.2, 0.25) is 7.14 Å². The quantitative estimate of drug-likeness (QED) is 0.385. The molecule has 0 aliphatic carbocycles. The zero-order chi connectivity index (χ0) is 6.62. The summed E-state index contributed by atoms with van der Waals surface area (Å²) in [4.78, 5) is 0. The van der Waals surface area contributed by atoms with Gasteiger partial charge in [-0.1, -0.05) is 6.92 Å². The predicted molar refractivity (Wildman–Crippen MR) is 35.8 cm³/mol. The van der Waals surface area contributed by atoms with Crippen molar-refractivity contribution in [2.45, 2.75) is 6.92 Å². The van der Waals surface area contributed by atoms with E-state index in [1.165, 1.54) is 0 Å². The molecule has 0 aliphatic rings. The molecule has 0 spiro atoms. The molecule has 0 fully saturated rings. The van der Waals surface area contributed by atoms with Crippen LogP contribution in [0.15, 0.2) is 0 Å². The molecular weight excluding hydrogens is 119 g/mol. The Bertz CT molecular complexity index is 174. The first-order chi connectivity index (χ1) is 3.68. The van der Waals surface area contributed by atoms with E-state index in [0.717, 1.165) is 0 Å². The lowest BCUT2D eigenvalue weighted by Crippen LogP contribution is -1.74. The molecule has 0 N–H and O–H groups in total. The minimum Gasteiger partial charge on any atom is -0.296 e. The normalized spacial score (nSPS) is 9.38. The highest BCUT2D eigenvalue weighted by Gasteiger charge is 2.08. The molecule has 0 atom stereocenters. The van der Waals surface area contributed by atoms with Crippen LogP contribution in [0.5, 0.6) is 0 Å². The van der Waals surface area contributed by atoms with Crippen LogP contribution in [0.2, 0.25) is 0 Å². The van der Waals surface area contributed by atoms with Gasteiger partial charge in [0.25, 0.3) is 0 Å². The Morgan fingerprint density at radius 2 is 1.88 bits per heavy atom. The van der Waals surface area contributed by atoms with Gasteiger partial charge in [0.15, 0.2) is 0 Å². The van der Waals surface area contributed by atoms with Crippen LogP contribution >= 0.6 is 7.14 Å². The fraction of sp³-hybridized carbons (Fsp3) is 0.333. The van der Waals surface area contributed by atoms with Crippen LogP contribution in [0.4, 0.5) is 0 Å². The van der Waals surface area contributed by atoms with E-state index in [4.69, 9.17) is 12.8 Å². The summed E-state index contributed by atoms with van der Waals surface area (Å²) in [5.74, 6) is 0. The predicted octanol–water partition coefficient (Wildman–Crippen LogP) is 1.55. The minimum absolute atomic E-state index is 0.403. The van der Waals surface area contributed by atoms with Crippen molar-refractivity contribution in [3.8, 4) is 24.2 Å². The van der Waals surface area contributed by atoms with Gasteiger partial charge in [-0.05, 0) is 11.3 Å². The smallest absolute Gasteiger partial charge is 0.221 e. The molecule has 0 amide bonds. The van der Waals surface area contributed by atoms with Crippen LogP contribution in [0, 0.1) is 24.2 Å². The van der Waals surface area contributed by atoms with Crippen LogP contribution in [0.1, 0.15) is 6.92 Å². The third-order valence-corrected chi connectivity index (χ3v) is 2.59. The first-order valence-electron chi connectivity index (χ1n) is 2.23. The summed E-state index contributed by atoms with van der Waals surface area (Å²) in [5.41, 5.74) is 4.19. The zero-order valence-electron chi connectivity index (χ0n) is 4.72. The molecular formula is C6H7OP. The van der Waals surface area contributed by atoms with Gasteiger partial charge in [-0.3, -0.25) is 4.57 Å². The van der Waals surface area contributed by atoms with E-state index in [1.807, 2.05) is 0 Å². The Morgan fingerprint density at radius 1 is 1.50 bits per heavy atom. The van der Waals surface area contributed by atoms with Crippen LogP contribution in [-0.2, 0) is 4.57 Å². The van der Waals surface area contributed by atoms with Gasteiger partial charge in [-0.15, -0.1) is 12.8 Å². The second-order valence-corrected chi connectivity index (χ2v) is 3.94. The summed E-state index contributed by atoms with van der Waals surface area (Å²) in [7, 11) is -2.61. The molecule has 2 heteroatoms. The molecule has 8 heavy (non-hydrogen) atoms. The lowest BCUT2D eigenvalue weighted by Gasteiger charge is -1.94. The standard InChI is InChI=1S/C6H7OP/c1-4-8(7,5-2)6-3/h1-2H,6H2,3H3. The average molecular weight is 126 g/mol. The van der Waals surface area contributed by atoms with E-state index in [1.54, 1.807) is 6.92 Å². The zero-order valence-corrected chi connectivity index (χ0v) is 5.61. The van der Waals surface area contributed by atoms with Gasteiger partial charge in [-0.2, -0.15) is 0 Å². The first-order valence-corrected chi connectivity index (χ1v) is 4.12. The van der Waals surface area contributed by atoms with Crippen LogP contribution in [0.25, 0.3) is 0 Å². The molecule has 0 rings (SSSR count). The van der Waals surface area contributed by atoms with E-state index >= 15 is 0 Å². The average Bonchev–Trinajstić information content (AvgIpc) is 1.87. The summed E-state index contributed by atoms with van der Waals surface area (Å²) < 4.78 is 10.8. The number of hydrogen-bond acceptors (Lipinski definition) is 1. The van der Waals surface area contributed by atoms with Crippen molar-refractivity contribution in [2.24, 2.45) is 0 Å². The molecule has 42 valence electrons. The molecule has 0 unspecified atom stereocenters. The topological polar surface area (TPSA) is 17.1 Å². The summed E-state index contributed by atoms with van der Waals surface area (Å²) in [5, 5.41) is 0. The van der Waals surface area contributed by atoms with Crippen molar-refractivity contribution in [1.29, 1.82) is 0 Å². The van der Waals surface area contributed by atoms with Gasteiger partial charge in [0.1, 0.15) is 0 Å². The second-order valence-electron chi connectivity index (χ2n) is 1.31. The maximum absolute atomic E-state index is 10.8. The molecule has 0 aromatic heterocycles. The van der Waals surface area contributed by atoms with E-state index in [2.05, 4.69) is 11.3 Å². The molecule has 0 heterocycles. The summed E-state index contributed by atoms with van der Waals surface area (Å²) in [6.07, 6.45) is 10.1. The maximum Gasteiger partial charge on any atom is 0.221 e. The van der Waals surface area contributed by atoms with Gasteiger partial charge in [-0.25, -0.2) is 0 Å². The second kappa shape index (κ2) is 2.61. The van der Waals surface area contributed by atoms with E-state index in [-0.39, 0.29) is 0 Å². The molecule has 0 bridgehead atoms. The van der Waals surface area contributed by atoms with Gasteiger partial charge in [0, 0.05) is 6.16 Å². The van der Waals surface area contributed by atoms with Crippen molar-refractivity contribution >= 4 is 7.14 Å². The first kappa shape index (κ1) is 7.35. The third-order valence-electron chi connectivity index (χ3n) is 0.862. The highest BCUT2D eigenvalue weighted by atomic mass is 31.2. The van der Waals surface area contributed by atoms with Crippen molar-refractivity contribution in [3.63, 3.8) is 0 Å². The number of rotatable bonds is 1. The Morgan fingerprint density at radius 3 is 1.88 bits per heavy atom. The Labute approximate surface area is 49.9 Å². The lowest BCUT2D eigenvalue weighted by atomic mass is 11.0. The molecule has 0 saturated heterocycles. The van der Waals surface area contributed by atoms with Gasteiger partial charge >= 0.3 is 0 Å². The summed E-state index contributed by atoms with van der Waals surface area (Å²) in [6.45, 7) is 1.72. The molecule has 0 radical (unpaired) electrons. The van der Waals surface area contributed by atoms with Crippen molar-refractivity contribution < 1.29 is 4.57 Å². The van der Waals surface area contributed by atoms with Crippen molar-refractivity contribution in [1.82, 2.24) is 0 Å². The third kappa shape index (κ3) is 1.45. The molecule has 0 aromatic rings. The van der Waals surface area contributed by atoms with E-state index < -0.39 is 7.14 Å². The Hall–Kier alpha value is -0.650. The molecule has 1 nitrogen and oxygen atoms in total. The number of hydrogen-bond donors (Lipinski definition) is 0. The molecule has 0 saturated carbocycles. The van der Waals surface area contributed by atoms with Crippen LogP contribution in [-0.4, -0.2) is 6.16 Å². The monoisotopic (exact) mass is 126 g/mol. The Balaban J connectivity index is 4.38.